The van der Waals surface area contributed by atoms with Crippen LogP contribution >= 0.6 is 0 Å². The molecule has 0 fully saturated rings. The van der Waals surface area contributed by atoms with Gasteiger partial charge in [-0.25, -0.2) is 0 Å². The molecule has 0 bridgehead atoms. The molecule has 4 nitrogen and oxygen atoms in total. The van der Waals surface area contributed by atoms with Gasteiger partial charge in [-0.1, -0.05) is 6.58 Å². The van der Waals surface area contributed by atoms with Crippen molar-refractivity contribution in [1.29, 1.82) is 0 Å². The molecule has 0 saturated heterocycles. The van der Waals surface area contributed by atoms with Crippen LogP contribution in [0.4, 0.5) is 5.69 Å². The number of hydrogen-bond donors (Lipinski definition) is 2. The molecule has 0 atom stereocenters. The molecule has 1 aromatic heterocycles. The Labute approximate surface area is 87.0 Å². The van der Waals surface area contributed by atoms with Gasteiger partial charge in [0, 0.05) is 11.8 Å². The van der Waals surface area contributed by atoms with E-state index in [4.69, 9.17) is 0 Å². The zero-order valence-electron chi connectivity index (χ0n) is 8.30. The van der Waals surface area contributed by atoms with Gasteiger partial charge in [-0.2, -0.15) is 0 Å². The summed E-state index contributed by atoms with van der Waals surface area (Å²) in [4.78, 5) is 25.2. The second kappa shape index (κ2) is 3.73. The third-order valence-electron chi connectivity index (χ3n) is 2.54. The van der Waals surface area contributed by atoms with Crippen LogP contribution in [0, 0.1) is 0 Å². The Bertz CT molecular complexity index is 474. The van der Waals surface area contributed by atoms with E-state index in [1.165, 1.54) is 12.1 Å². The number of fused-ring (bicyclic) bond motifs is 1. The lowest BCUT2D eigenvalue weighted by atomic mass is 10.2. The maximum absolute atomic E-state index is 11.3. The van der Waals surface area contributed by atoms with Crippen LogP contribution in [-0.4, -0.2) is 10.9 Å². The molecule has 0 aliphatic heterocycles. The molecule has 78 valence electrons. The number of H-pyrrole nitrogens is 1. The fraction of sp³-hybridized carbons (Fsp3) is 0.273. The highest BCUT2D eigenvalue weighted by Gasteiger charge is 2.16. The zero-order valence-corrected chi connectivity index (χ0v) is 8.30. The van der Waals surface area contributed by atoms with Crippen molar-refractivity contribution < 1.29 is 4.79 Å². The molecule has 4 heteroatoms. The molecule has 0 saturated carbocycles. The Balaban J connectivity index is 2.42. The lowest BCUT2D eigenvalue weighted by Crippen LogP contribution is -2.15. The SMILES string of the molecule is C=CC(=O)Nc1cc(=O)[nH]c2c1CCC2. The van der Waals surface area contributed by atoms with Crippen LogP contribution in [0.2, 0.25) is 0 Å². The predicted octanol–water partition coefficient (Wildman–Crippen LogP) is 0.988. The number of nitrogens with one attached hydrogen (secondary N) is 2. The molecular weight excluding hydrogens is 192 g/mol. The zero-order chi connectivity index (χ0) is 10.8. The first-order valence-electron chi connectivity index (χ1n) is 4.89. The number of anilines is 1. The molecule has 0 unspecified atom stereocenters. The van der Waals surface area contributed by atoms with Crippen LogP contribution in [0.15, 0.2) is 23.5 Å². The Hall–Kier alpha value is -1.84. The normalized spacial score (nSPS) is 13.3. The second-order valence-corrected chi connectivity index (χ2v) is 3.55. The van der Waals surface area contributed by atoms with Crippen molar-refractivity contribution in [2.45, 2.75) is 19.3 Å². The predicted molar refractivity (Wildman–Crippen MR) is 57.9 cm³/mol. The van der Waals surface area contributed by atoms with E-state index in [-0.39, 0.29) is 11.5 Å². The number of rotatable bonds is 2. The topological polar surface area (TPSA) is 62.0 Å². The third-order valence-corrected chi connectivity index (χ3v) is 2.54. The summed E-state index contributed by atoms with van der Waals surface area (Å²) in [5.41, 5.74) is 2.44. The number of amides is 1. The number of carbonyl (C=O) groups is 1. The fourth-order valence-corrected chi connectivity index (χ4v) is 1.88. The maximum atomic E-state index is 11.3. The van der Waals surface area contributed by atoms with E-state index >= 15 is 0 Å². The highest BCUT2D eigenvalue weighted by Crippen LogP contribution is 2.25. The Morgan fingerprint density at radius 3 is 3.07 bits per heavy atom. The first kappa shape index (κ1) is 9.71. The largest absolute Gasteiger partial charge is 0.326 e. The number of aromatic nitrogens is 1. The number of aromatic amines is 1. The molecule has 0 aromatic carbocycles. The summed E-state index contributed by atoms with van der Waals surface area (Å²) in [7, 11) is 0. The van der Waals surface area contributed by atoms with Gasteiger partial charge in [0.05, 0.1) is 5.69 Å². The van der Waals surface area contributed by atoms with Crippen molar-refractivity contribution in [1.82, 2.24) is 4.98 Å². The Morgan fingerprint density at radius 2 is 2.33 bits per heavy atom. The summed E-state index contributed by atoms with van der Waals surface area (Å²) in [6.07, 6.45) is 4.00. The molecule has 15 heavy (non-hydrogen) atoms. The number of carbonyl (C=O) groups excluding carboxylic acids is 1. The van der Waals surface area contributed by atoms with Crippen LogP contribution in [0.25, 0.3) is 0 Å². The van der Waals surface area contributed by atoms with E-state index in [1.54, 1.807) is 0 Å². The van der Waals surface area contributed by atoms with Gasteiger partial charge in [0.1, 0.15) is 0 Å². The first-order chi connectivity index (χ1) is 7.20. The minimum absolute atomic E-state index is 0.171. The van der Waals surface area contributed by atoms with E-state index in [2.05, 4.69) is 16.9 Å². The van der Waals surface area contributed by atoms with Gasteiger partial charge in [-0.15, -0.1) is 0 Å². The number of pyridine rings is 1. The highest BCUT2D eigenvalue weighted by atomic mass is 16.1. The third kappa shape index (κ3) is 1.83. The second-order valence-electron chi connectivity index (χ2n) is 3.55. The average Bonchev–Trinajstić information content (AvgIpc) is 2.65. The van der Waals surface area contributed by atoms with Crippen LogP contribution in [-0.2, 0) is 17.6 Å². The van der Waals surface area contributed by atoms with Crippen molar-refractivity contribution in [3.05, 3.63) is 40.3 Å². The summed E-state index contributed by atoms with van der Waals surface area (Å²) in [6.45, 7) is 3.37. The van der Waals surface area contributed by atoms with Gasteiger partial charge < -0.3 is 10.3 Å². The van der Waals surface area contributed by atoms with E-state index in [9.17, 15) is 9.59 Å². The van der Waals surface area contributed by atoms with E-state index < -0.39 is 0 Å². The van der Waals surface area contributed by atoms with Crippen LogP contribution in [0.5, 0.6) is 0 Å². The molecule has 1 aliphatic rings. The van der Waals surface area contributed by atoms with Crippen molar-refractivity contribution >= 4 is 11.6 Å². The lowest BCUT2D eigenvalue weighted by Gasteiger charge is -2.07. The van der Waals surface area contributed by atoms with Crippen molar-refractivity contribution in [3.63, 3.8) is 0 Å². The molecule has 2 N–H and O–H groups in total. The van der Waals surface area contributed by atoms with Gasteiger partial charge in [0.25, 0.3) is 0 Å². The summed E-state index contributed by atoms with van der Waals surface area (Å²) < 4.78 is 0. The Morgan fingerprint density at radius 1 is 1.53 bits per heavy atom. The quantitative estimate of drug-likeness (QED) is 0.705. The molecular formula is C11H12N2O2. The van der Waals surface area contributed by atoms with Crippen molar-refractivity contribution in [3.8, 4) is 0 Å². The molecule has 1 amide bonds. The molecule has 2 rings (SSSR count). The number of hydrogen-bond acceptors (Lipinski definition) is 2. The standard InChI is InChI=1S/C11H12N2O2/c1-2-10(14)13-9-6-11(15)12-8-5-3-4-7(8)9/h2,6H,1,3-5H2,(H2,12,13,14,15). The summed E-state index contributed by atoms with van der Waals surface area (Å²) >= 11 is 0. The average molecular weight is 204 g/mol. The molecule has 1 aliphatic carbocycles. The maximum Gasteiger partial charge on any atom is 0.250 e. The van der Waals surface area contributed by atoms with E-state index in [0.29, 0.717) is 5.69 Å². The van der Waals surface area contributed by atoms with Gasteiger partial charge in [-0.3, -0.25) is 9.59 Å². The number of aryl methyl sites for hydroxylation is 1. The van der Waals surface area contributed by atoms with Crippen molar-refractivity contribution in [2.75, 3.05) is 5.32 Å². The summed E-state index contributed by atoms with van der Waals surface area (Å²) in [5, 5.41) is 2.66. The van der Waals surface area contributed by atoms with E-state index in [1.807, 2.05) is 0 Å². The molecule has 1 heterocycles. The van der Waals surface area contributed by atoms with Crippen LogP contribution in [0.1, 0.15) is 17.7 Å². The van der Waals surface area contributed by atoms with Gasteiger partial charge in [0.2, 0.25) is 11.5 Å². The monoisotopic (exact) mass is 204 g/mol. The Kier molecular flexibility index (Phi) is 2.41. The fourth-order valence-electron chi connectivity index (χ4n) is 1.88. The molecule has 0 radical (unpaired) electrons. The first-order valence-corrected chi connectivity index (χ1v) is 4.89. The van der Waals surface area contributed by atoms with Crippen LogP contribution in [0.3, 0.4) is 0 Å². The van der Waals surface area contributed by atoms with Crippen LogP contribution < -0.4 is 10.9 Å². The van der Waals surface area contributed by atoms with Gasteiger partial charge in [-0.05, 0) is 30.9 Å². The minimum atomic E-state index is -0.283. The summed E-state index contributed by atoms with van der Waals surface area (Å²) in [5.74, 6) is -0.283. The molecule has 1 aromatic rings. The molecule has 0 spiro atoms. The van der Waals surface area contributed by atoms with Gasteiger partial charge in [0.15, 0.2) is 0 Å². The van der Waals surface area contributed by atoms with Gasteiger partial charge >= 0.3 is 0 Å². The smallest absolute Gasteiger partial charge is 0.250 e. The minimum Gasteiger partial charge on any atom is -0.326 e. The summed E-state index contributed by atoms with van der Waals surface area (Å²) in [6, 6.07) is 1.42. The van der Waals surface area contributed by atoms with Crippen molar-refractivity contribution in [2.24, 2.45) is 0 Å². The highest BCUT2D eigenvalue weighted by molar-refractivity contribution is 5.99. The lowest BCUT2D eigenvalue weighted by molar-refractivity contribution is -0.111. The van der Waals surface area contributed by atoms with E-state index in [0.717, 1.165) is 30.5 Å².